The lowest BCUT2D eigenvalue weighted by atomic mass is 10.1. The van der Waals surface area contributed by atoms with Gasteiger partial charge in [-0.2, -0.15) is 5.10 Å². The molecule has 0 atom stereocenters. The Morgan fingerprint density at radius 3 is 2.75 bits per heavy atom. The Hall–Kier alpha value is -1.77. The zero-order valence-corrected chi connectivity index (χ0v) is 12.2. The molecule has 1 aromatic carbocycles. The standard InChI is InChI=1S/C12H17N5O2S/c1-9-3-4-10(6-13)5-11(9)20(18,19)15-7-12-14-8-17(2)16-12/h3-5,8,15H,6-7,13H2,1-2H3. The maximum absolute atomic E-state index is 12.3. The normalized spacial score (nSPS) is 11.8. The lowest BCUT2D eigenvalue weighted by molar-refractivity contribution is 0.578. The first-order chi connectivity index (χ1) is 9.42. The van der Waals surface area contributed by atoms with Gasteiger partial charge in [0.15, 0.2) is 5.82 Å². The molecule has 0 amide bonds. The smallest absolute Gasteiger partial charge is 0.241 e. The summed E-state index contributed by atoms with van der Waals surface area (Å²) in [4.78, 5) is 4.21. The van der Waals surface area contributed by atoms with Crippen LogP contribution in [0.4, 0.5) is 0 Å². The third-order valence-corrected chi connectivity index (χ3v) is 4.39. The van der Waals surface area contributed by atoms with E-state index in [2.05, 4.69) is 14.8 Å². The van der Waals surface area contributed by atoms with Crippen molar-refractivity contribution in [3.8, 4) is 0 Å². The molecule has 0 unspecified atom stereocenters. The Bertz CT molecular complexity index is 708. The van der Waals surface area contributed by atoms with E-state index >= 15 is 0 Å². The van der Waals surface area contributed by atoms with Crippen molar-refractivity contribution in [2.75, 3.05) is 0 Å². The number of nitrogens with zero attached hydrogens (tertiary/aromatic N) is 3. The lowest BCUT2D eigenvalue weighted by Gasteiger charge is -2.09. The van der Waals surface area contributed by atoms with Crippen LogP contribution >= 0.6 is 0 Å². The van der Waals surface area contributed by atoms with Gasteiger partial charge >= 0.3 is 0 Å². The molecular weight excluding hydrogens is 278 g/mol. The van der Waals surface area contributed by atoms with Crippen molar-refractivity contribution in [1.29, 1.82) is 0 Å². The van der Waals surface area contributed by atoms with Gasteiger partial charge in [-0.25, -0.2) is 18.1 Å². The number of hydrogen-bond acceptors (Lipinski definition) is 5. The molecule has 1 aromatic heterocycles. The van der Waals surface area contributed by atoms with Crippen molar-refractivity contribution in [2.45, 2.75) is 24.9 Å². The summed E-state index contributed by atoms with van der Waals surface area (Å²) in [6.45, 7) is 2.09. The van der Waals surface area contributed by atoms with Gasteiger partial charge in [0, 0.05) is 13.6 Å². The summed E-state index contributed by atoms with van der Waals surface area (Å²) in [7, 11) is -1.89. The second-order valence-electron chi connectivity index (χ2n) is 4.46. The predicted molar refractivity (Wildman–Crippen MR) is 74.1 cm³/mol. The Morgan fingerprint density at radius 2 is 2.15 bits per heavy atom. The van der Waals surface area contributed by atoms with E-state index in [0.29, 0.717) is 17.9 Å². The van der Waals surface area contributed by atoms with Crippen LogP contribution in [0.2, 0.25) is 0 Å². The van der Waals surface area contributed by atoms with Crippen LogP contribution < -0.4 is 10.5 Å². The number of aromatic nitrogens is 3. The van der Waals surface area contributed by atoms with Crippen LogP contribution in [0.15, 0.2) is 29.4 Å². The van der Waals surface area contributed by atoms with E-state index in [1.165, 1.54) is 11.0 Å². The number of nitrogens with two attached hydrogens (primary N) is 1. The van der Waals surface area contributed by atoms with E-state index in [-0.39, 0.29) is 11.4 Å². The average Bonchev–Trinajstić information content (AvgIpc) is 2.83. The van der Waals surface area contributed by atoms with Crippen LogP contribution in [0.5, 0.6) is 0 Å². The fourth-order valence-corrected chi connectivity index (χ4v) is 3.04. The van der Waals surface area contributed by atoms with E-state index in [1.807, 2.05) is 6.07 Å². The molecule has 20 heavy (non-hydrogen) atoms. The monoisotopic (exact) mass is 295 g/mol. The van der Waals surface area contributed by atoms with Gasteiger partial charge in [0.1, 0.15) is 6.33 Å². The number of aryl methyl sites for hydroxylation is 2. The number of nitrogens with one attached hydrogen (secondary N) is 1. The van der Waals surface area contributed by atoms with E-state index in [0.717, 1.165) is 5.56 Å². The zero-order valence-electron chi connectivity index (χ0n) is 11.4. The van der Waals surface area contributed by atoms with Crippen LogP contribution in [-0.2, 0) is 30.2 Å². The van der Waals surface area contributed by atoms with Crippen molar-refractivity contribution >= 4 is 10.0 Å². The largest absolute Gasteiger partial charge is 0.326 e. The molecule has 0 saturated heterocycles. The van der Waals surface area contributed by atoms with Gasteiger partial charge in [0.25, 0.3) is 0 Å². The number of benzene rings is 1. The van der Waals surface area contributed by atoms with E-state index in [9.17, 15) is 8.42 Å². The van der Waals surface area contributed by atoms with Crippen molar-refractivity contribution in [3.05, 3.63) is 41.5 Å². The quantitative estimate of drug-likeness (QED) is 0.812. The summed E-state index contributed by atoms with van der Waals surface area (Å²) in [5, 5.41) is 4.02. The topological polar surface area (TPSA) is 103 Å². The first-order valence-corrected chi connectivity index (χ1v) is 7.54. The minimum absolute atomic E-state index is 0.0511. The summed E-state index contributed by atoms with van der Waals surface area (Å²) in [6.07, 6.45) is 1.52. The summed E-state index contributed by atoms with van der Waals surface area (Å²) in [5.74, 6) is 0.420. The Labute approximate surface area is 117 Å². The summed E-state index contributed by atoms with van der Waals surface area (Å²) in [6, 6.07) is 5.15. The van der Waals surface area contributed by atoms with E-state index in [4.69, 9.17) is 5.73 Å². The molecule has 0 aliphatic carbocycles. The molecule has 1 heterocycles. The minimum atomic E-state index is -3.61. The maximum Gasteiger partial charge on any atom is 0.241 e. The fourth-order valence-electron chi connectivity index (χ4n) is 1.76. The number of sulfonamides is 1. The molecule has 0 fully saturated rings. The average molecular weight is 295 g/mol. The lowest BCUT2D eigenvalue weighted by Crippen LogP contribution is -2.25. The van der Waals surface area contributed by atoms with Gasteiger partial charge in [-0.15, -0.1) is 0 Å². The van der Waals surface area contributed by atoms with Crippen LogP contribution in [0.1, 0.15) is 17.0 Å². The van der Waals surface area contributed by atoms with Gasteiger partial charge < -0.3 is 5.73 Å². The third-order valence-electron chi connectivity index (χ3n) is 2.85. The van der Waals surface area contributed by atoms with Crippen molar-refractivity contribution in [1.82, 2.24) is 19.5 Å². The van der Waals surface area contributed by atoms with Crippen LogP contribution in [0.25, 0.3) is 0 Å². The summed E-state index contributed by atoms with van der Waals surface area (Å²) < 4.78 is 28.6. The van der Waals surface area contributed by atoms with Gasteiger partial charge in [0.2, 0.25) is 10.0 Å². The molecule has 3 N–H and O–H groups in total. The first-order valence-electron chi connectivity index (χ1n) is 6.06. The van der Waals surface area contributed by atoms with Gasteiger partial charge in [-0.1, -0.05) is 12.1 Å². The first kappa shape index (κ1) is 14.6. The second kappa shape index (κ2) is 5.70. The molecule has 8 heteroatoms. The summed E-state index contributed by atoms with van der Waals surface area (Å²) >= 11 is 0. The molecular formula is C12H17N5O2S. The molecule has 0 aliphatic heterocycles. The maximum atomic E-state index is 12.3. The highest BCUT2D eigenvalue weighted by Gasteiger charge is 2.17. The third kappa shape index (κ3) is 3.21. The minimum Gasteiger partial charge on any atom is -0.326 e. The molecule has 0 radical (unpaired) electrons. The van der Waals surface area contributed by atoms with Gasteiger partial charge in [-0.3, -0.25) is 4.68 Å². The van der Waals surface area contributed by atoms with Crippen LogP contribution in [0, 0.1) is 6.92 Å². The Morgan fingerprint density at radius 1 is 1.40 bits per heavy atom. The number of rotatable bonds is 5. The van der Waals surface area contributed by atoms with Crippen molar-refractivity contribution in [2.24, 2.45) is 12.8 Å². The van der Waals surface area contributed by atoms with E-state index < -0.39 is 10.0 Å². The van der Waals surface area contributed by atoms with Gasteiger partial charge in [0.05, 0.1) is 11.4 Å². The summed E-state index contributed by atoms with van der Waals surface area (Å²) in [5.41, 5.74) is 6.98. The predicted octanol–water partition coefficient (Wildman–Crippen LogP) is 0.0607. The molecule has 2 aromatic rings. The molecule has 0 bridgehead atoms. The van der Waals surface area contributed by atoms with Crippen molar-refractivity contribution in [3.63, 3.8) is 0 Å². The van der Waals surface area contributed by atoms with Crippen LogP contribution in [0.3, 0.4) is 0 Å². The Kier molecular flexibility index (Phi) is 4.17. The molecule has 0 aliphatic rings. The second-order valence-corrected chi connectivity index (χ2v) is 6.20. The molecule has 7 nitrogen and oxygen atoms in total. The highest BCUT2D eigenvalue weighted by atomic mass is 32.2. The zero-order chi connectivity index (χ0) is 14.8. The molecule has 2 rings (SSSR count). The van der Waals surface area contributed by atoms with Gasteiger partial charge in [-0.05, 0) is 24.1 Å². The SMILES string of the molecule is Cc1ccc(CN)cc1S(=O)(=O)NCc1ncn(C)n1. The van der Waals surface area contributed by atoms with Crippen LogP contribution in [-0.4, -0.2) is 23.2 Å². The molecule has 108 valence electrons. The van der Waals surface area contributed by atoms with Crippen molar-refractivity contribution < 1.29 is 8.42 Å². The fraction of sp³-hybridized carbons (Fsp3) is 0.333. The highest BCUT2D eigenvalue weighted by Crippen LogP contribution is 2.17. The molecule has 0 saturated carbocycles. The molecule has 0 spiro atoms. The Balaban J connectivity index is 2.21. The number of hydrogen-bond donors (Lipinski definition) is 2. The highest BCUT2D eigenvalue weighted by molar-refractivity contribution is 7.89. The van der Waals surface area contributed by atoms with E-state index in [1.54, 1.807) is 26.1 Å².